The molecule has 78 valence electrons. The molecule has 3 heterocycles. The average Bonchev–Trinajstić information content (AvgIpc) is 2.85. The summed E-state index contributed by atoms with van der Waals surface area (Å²) < 4.78 is 4.95. The number of fused-ring (bicyclic) bond motifs is 2. The van der Waals surface area contributed by atoms with E-state index >= 15 is 0 Å². The van der Waals surface area contributed by atoms with E-state index < -0.39 is 0 Å². The Morgan fingerprint density at radius 1 is 1.47 bits per heavy atom. The van der Waals surface area contributed by atoms with Gasteiger partial charge in [0.05, 0.1) is 17.9 Å². The summed E-state index contributed by atoms with van der Waals surface area (Å²) in [5, 5.41) is 0. The van der Waals surface area contributed by atoms with Crippen LogP contribution in [0.25, 0.3) is 0 Å². The maximum Gasteiger partial charge on any atom is 0.257 e. The van der Waals surface area contributed by atoms with E-state index in [0.717, 1.165) is 19.3 Å². The minimum Gasteiger partial charge on any atom is -0.472 e. The maximum atomic E-state index is 12.2. The molecule has 1 aromatic heterocycles. The lowest BCUT2D eigenvalue weighted by Crippen LogP contribution is -2.41. The Balaban J connectivity index is 1.89. The molecule has 0 spiro atoms. The van der Waals surface area contributed by atoms with Crippen LogP contribution in [0, 0.1) is 0 Å². The van der Waals surface area contributed by atoms with Gasteiger partial charge in [-0.2, -0.15) is 0 Å². The first-order valence-corrected chi connectivity index (χ1v) is 5.38. The van der Waals surface area contributed by atoms with Gasteiger partial charge >= 0.3 is 0 Å². The topological polar surface area (TPSA) is 33.5 Å². The third-order valence-corrected chi connectivity index (χ3v) is 3.32. The summed E-state index contributed by atoms with van der Waals surface area (Å²) in [6.07, 6.45) is 10.7. The highest BCUT2D eigenvalue weighted by atomic mass is 16.3. The molecular weight excluding hydrogens is 190 g/mol. The van der Waals surface area contributed by atoms with Crippen molar-refractivity contribution in [3.8, 4) is 0 Å². The monoisotopic (exact) mass is 203 g/mol. The first-order chi connectivity index (χ1) is 7.36. The minimum atomic E-state index is 0.112. The summed E-state index contributed by atoms with van der Waals surface area (Å²) in [5.74, 6) is 0.112. The van der Waals surface area contributed by atoms with Gasteiger partial charge in [-0.05, 0) is 25.3 Å². The summed E-state index contributed by atoms with van der Waals surface area (Å²) in [7, 11) is 0. The number of amides is 1. The highest BCUT2D eigenvalue weighted by molar-refractivity contribution is 5.94. The Hall–Kier alpha value is -1.51. The number of hydrogen-bond acceptors (Lipinski definition) is 2. The molecule has 0 saturated carbocycles. The van der Waals surface area contributed by atoms with Gasteiger partial charge in [0.1, 0.15) is 6.26 Å². The molecule has 0 aliphatic carbocycles. The van der Waals surface area contributed by atoms with E-state index in [1.54, 1.807) is 12.3 Å². The third-order valence-electron chi connectivity index (χ3n) is 3.32. The van der Waals surface area contributed by atoms with Crippen LogP contribution in [0.3, 0.4) is 0 Å². The lowest BCUT2D eigenvalue weighted by atomic mass is 10.1. The van der Waals surface area contributed by atoms with Gasteiger partial charge in [-0.1, -0.05) is 12.2 Å². The fourth-order valence-electron chi connectivity index (χ4n) is 2.58. The van der Waals surface area contributed by atoms with Gasteiger partial charge < -0.3 is 9.32 Å². The molecule has 3 heteroatoms. The van der Waals surface area contributed by atoms with E-state index in [0.29, 0.717) is 17.6 Å². The van der Waals surface area contributed by atoms with Gasteiger partial charge in [0.15, 0.2) is 0 Å². The highest BCUT2D eigenvalue weighted by Crippen LogP contribution is 2.32. The van der Waals surface area contributed by atoms with Crippen LogP contribution in [0.1, 0.15) is 29.6 Å². The van der Waals surface area contributed by atoms with Crippen LogP contribution < -0.4 is 0 Å². The molecule has 2 aliphatic rings. The predicted octanol–water partition coefficient (Wildman–Crippen LogP) is 2.21. The van der Waals surface area contributed by atoms with Gasteiger partial charge in [-0.15, -0.1) is 0 Å². The Morgan fingerprint density at radius 2 is 2.40 bits per heavy atom. The van der Waals surface area contributed by atoms with Crippen molar-refractivity contribution >= 4 is 5.91 Å². The number of hydrogen-bond donors (Lipinski definition) is 0. The lowest BCUT2D eigenvalue weighted by molar-refractivity contribution is 0.0688. The van der Waals surface area contributed by atoms with E-state index in [2.05, 4.69) is 12.2 Å². The van der Waals surface area contributed by atoms with Crippen LogP contribution in [-0.4, -0.2) is 22.9 Å². The van der Waals surface area contributed by atoms with Gasteiger partial charge in [-0.3, -0.25) is 4.79 Å². The number of furan rings is 1. The Bertz CT molecular complexity index is 394. The molecule has 1 amide bonds. The summed E-state index contributed by atoms with van der Waals surface area (Å²) in [4.78, 5) is 14.2. The van der Waals surface area contributed by atoms with Crippen LogP contribution in [0.4, 0.5) is 0 Å². The quantitative estimate of drug-likeness (QED) is 0.656. The van der Waals surface area contributed by atoms with Crippen molar-refractivity contribution in [2.45, 2.75) is 31.3 Å². The van der Waals surface area contributed by atoms with Crippen LogP contribution in [0.15, 0.2) is 35.2 Å². The molecule has 0 radical (unpaired) electrons. The molecule has 3 rings (SSSR count). The fourth-order valence-corrected chi connectivity index (χ4v) is 2.58. The summed E-state index contributed by atoms with van der Waals surface area (Å²) >= 11 is 0. The molecule has 1 saturated heterocycles. The van der Waals surface area contributed by atoms with Crippen LogP contribution in [0.5, 0.6) is 0 Å². The van der Waals surface area contributed by atoms with E-state index in [1.807, 2.05) is 4.90 Å². The van der Waals surface area contributed by atoms with E-state index in [9.17, 15) is 4.79 Å². The molecule has 3 nitrogen and oxygen atoms in total. The number of rotatable bonds is 1. The van der Waals surface area contributed by atoms with Crippen molar-refractivity contribution in [1.29, 1.82) is 0 Å². The largest absolute Gasteiger partial charge is 0.472 e. The zero-order valence-corrected chi connectivity index (χ0v) is 8.43. The second-order valence-electron chi connectivity index (χ2n) is 4.19. The van der Waals surface area contributed by atoms with Crippen molar-refractivity contribution in [3.63, 3.8) is 0 Å². The van der Waals surface area contributed by atoms with E-state index in [4.69, 9.17) is 4.42 Å². The fraction of sp³-hybridized carbons (Fsp3) is 0.417. The molecule has 2 atom stereocenters. The normalized spacial score (nSPS) is 28.4. The van der Waals surface area contributed by atoms with Gasteiger partial charge in [-0.25, -0.2) is 0 Å². The Kier molecular flexibility index (Phi) is 1.91. The van der Waals surface area contributed by atoms with Crippen LogP contribution in [0.2, 0.25) is 0 Å². The minimum absolute atomic E-state index is 0.112. The highest BCUT2D eigenvalue weighted by Gasteiger charge is 2.37. The lowest BCUT2D eigenvalue weighted by Gasteiger charge is -2.31. The Morgan fingerprint density at radius 3 is 3.13 bits per heavy atom. The maximum absolute atomic E-state index is 12.2. The Labute approximate surface area is 88.4 Å². The molecule has 1 aromatic rings. The number of nitrogens with zero attached hydrogens (tertiary/aromatic N) is 1. The number of carbonyl (C=O) groups excluding carboxylic acids is 1. The van der Waals surface area contributed by atoms with Crippen LogP contribution >= 0.6 is 0 Å². The van der Waals surface area contributed by atoms with E-state index in [1.165, 1.54) is 6.26 Å². The van der Waals surface area contributed by atoms with Crippen molar-refractivity contribution in [3.05, 3.63) is 36.3 Å². The molecule has 2 bridgehead atoms. The molecule has 15 heavy (non-hydrogen) atoms. The second-order valence-corrected chi connectivity index (χ2v) is 4.19. The molecule has 0 aromatic carbocycles. The summed E-state index contributed by atoms with van der Waals surface area (Å²) in [6.45, 7) is 0. The van der Waals surface area contributed by atoms with Crippen molar-refractivity contribution in [1.82, 2.24) is 4.90 Å². The molecule has 2 aliphatic heterocycles. The van der Waals surface area contributed by atoms with Crippen LogP contribution in [-0.2, 0) is 0 Å². The molecule has 0 unspecified atom stereocenters. The standard InChI is InChI=1S/C12H13NO2/c14-12(9-6-7-15-8-9)13-10-2-1-3-11(13)5-4-10/h1-2,6-8,10-11H,3-5H2/t10-,11-/m0/s1. The van der Waals surface area contributed by atoms with Gasteiger partial charge in [0.25, 0.3) is 5.91 Å². The van der Waals surface area contributed by atoms with Gasteiger partial charge in [0.2, 0.25) is 0 Å². The first-order valence-electron chi connectivity index (χ1n) is 5.38. The molecule has 1 fully saturated rings. The average molecular weight is 203 g/mol. The zero-order chi connectivity index (χ0) is 10.3. The van der Waals surface area contributed by atoms with Crippen molar-refractivity contribution in [2.24, 2.45) is 0 Å². The number of carbonyl (C=O) groups is 1. The van der Waals surface area contributed by atoms with Crippen molar-refractivity contribution < 1.29 is 9.21 Å². The molecule has 0 N–H and O–H groups in total. The van der Waals surface area contributed by atoms with E-state index in [-0.39, 0.29) is 5.91 Å². The summed E-state index contributed by atoms with van der Waals surface area (Å²) in [5.41, 5.74) is 0.669. The predicted molar refractivity (Wildman–Crippen MR) is 55.4 cm³/mol. The first kappa shape index (κ1) is 8.77. The smallest absolute Gasteiger partial charge is 0.257 e. The molecular formula is C12H13NO2. The summed E-state index contributed by atoms with van der Waals surface area (Å²) in [6, 6.07) is 2.45. The van der Waals surface area contributed by atoms with Crippen molar-refractivity contribution in [2.75, 3.05) is 0 Å². The second kappa shape index (κ2) is 3.26. The van der Waals surface area contributed by atoms with Gasteiger partial charge in [0, 0.05) is 6.04 Å². The third kappa shape index (κ3) is 1.30. The zero-order valence-electron chi connectivity index (χ0n) is 8.43. The SMILES string of the molecule is O=C(c1ccoc1)N1[C@H]2CC=C[C@H]1CC2.